The van der Waals surface area contributed by atoms with Crippen LogP contribution in [0.25, 0.3) is 82.2 Å². The molecule has 0 aliphatic heterocycles. The molecule has 0 amide bonds. The van der Waals surface area contributed by atoms with Crippen LogP contribution < -0.4 is 0 Å². The zero-order valence-corrected chi connectivity index (χ0v) is 21.8. The van der Waals surface area contributed by atoms with Crippen LogP contribution in [0.15, 0.2) is 121 Å². The fourth-order valence-corrected chi connectivity index (χ4v) is 6.60. The first-order valence-corrected chi connectivity index (χ1v) is 13.7. The molecule has 2 aromatic heterocycles. The van der Waals surface area contributed by atoms with Crippen LogP contribution in [0.2, 0.25) is 0 Å². The fraction of sp³-hybridized carbons (Fsp3) is 0. The maximum absolute atomic E-state index is 9.40. The van der Waals surface area contributed by atoms with Gasteiger partial charge < -0.3 is 0 Å². The van der Waals surface area contributed by atoms with E-state index < -0.39 is 0 Å². The van der Waals surface area contributed by atoms with E-state index in [4.69, 9.17) is 9.97 Å². The molecule has 0 radical (unpaired) electrons. The number of hydrogen-bond donors (Lipinski definition) is 0. The van der Waals surface area contributed by atoms with Gasteiger partial charge in [0.05, 0.1) is 33.7 Å². The number of hydrogen-bond acceptors (Lipinski definition) is 3. The van der Waals surface area contributed by atoms with Crippen LogP contribution in [-0.4, -0.2) is 14.5 Å². The van der Waals surface area contributed by atoms with Crippen molar-refractivity contribution in [1.29, 1.82) is 5.26 Å². The quantitative estimate of drug-likeness (QED) is 0.214. The van der Waals surface area contributed by atoms with Crippen molar-refractivity contribution in [2.75, 3.05) is 0 Å². The SMILES string of the molecule is N#Cc1ccc(-c2nc3ccccc3nc2-n2c3cccc4c5ccc6ccccc6c5c5cccc2c5c43)cc1. The molecule has 0 atom stereocenters. The lowest BCUT2D eigenvalue weighted by Gasteiger charge is -2.13. The Morgan fingerprint density at radius 1 is 0.512 bits per heavy atom. The second kappa shape index (κ2) is 8.11. The van der Waals surface area contributed by atoms with Crippen LogP contribution in [0.5, 0.6) is 0 Å². The molecule has 7 aromatic carbocycles. The van der Waals surface area contributed by atoms with Crippen LogP contribution in [0, 0.1) is 11.3 Å². The molecular weight excluding hydrogens is 500 g/mol. The molecule has 9 aromatic rings. The van der Waals surface area contributed by atoms with Crippen molar-refractivity contribution in [2.24, 2.45) is 0 Å². The molecule has 0 bridgehead atoms. The van der Waals surface area contributed by atoms with Gasteiger partial charge in [-0.1, -0.05) is 84.9 Å². The predicted molar refractivity (Wildman–Crippen MR) is 168 cm³/mol. The molecule has 41 heavy (non-hydrogen) atoms. The smallest absolute Gasteiger partial charge is 0.165 e. The molecule has 0 spiro atoms. The number of benzene rings is 7. The molecule has 9 rings (SSSR count). The maximum Gasteiger partial charge on any atom is 0.165 e. The van der Waals surface area contributed by atoms with Crippen molar-refractivity contribution in [3.63, 3.8) is 0 Å². The van der Waals surface area contributed by atoms with E-state index >= 15 is 0 Å². The first-order valence-electron chi connectivity index (χ1n) is 13.7. The molecule has 188 valence electrons. The topological polar surface area (TPSA) is 54.5 Å². The number of rotatable bonds is 2. The lowest BCUT2D eigenvalue weighted by Crippen LogP contribution is -2.03. The second-order valence-corrected chi connectivity index (χ2v) is 10.5. The molecule has 0 N–H and O–H groups in total. The number of para-hydroxylation sites is 2. The fourth-order valence-electron chi connectivity index (χ4n) is 6.60. The molecule has 0 saturated heterocycles. The molecule has 2 heterocycles. The van der Waals surface area contributed by atoms with E-state index in [0.717, 1.165) is 39.1 Å². The highest BCUT2D eigenvalue weighted by atomic mass is 15.1. The second-order valence-electron chi connectivity index (χ2n) is 10.5. The van der Waals surface area contributed by atoms with Gasteiger partial charge in [0.25, 0.3) is 0 Å². The Morgan fingerprint density at radius 3 is 1.93 bits per heavy atom. The van der Waals surface area contributed by atoms with Crippen molar-refractivity contribution >= 4 is 65.2 Å². The van der Waals surface area contributed by atoms with E-state index in [1.165, 1.54) is 43.1 Å². The van der Waals surface area contributed by atoms with Crippen molar-refractivity contribution in [2.45, 2.75) is 0 Å². The summed E-state index contributed by atoms with van der Waals surface area (Å²) in [6, 6.07) is 44.1. The molecule has 0 fully saturated rings. The maximum atomic E-state index is 9.40. The zero-order valence-electron chi connectivity index (χ0n) is 21.8. The van der Waals surface area contributed by atoms with E-state index in [-0.39, 0.29) is 0 Å². The summed E-state index contributed by atoms with van der Waals surface area (Å²) in [7, 11) is 0. The highest BCUT2D eigenvalue weighted by Gasteiger charge is 2.23. The van der Waals surface area contributed by atoms with Crippen molar-refractivity contribution in [3.05, 3.63) is 127 Å². The van der Waals surface area contributed by atoms with Gasteiger partial charge in [-0.25, -0.2) is 9.97 Å². The van der Waals surface area contributed by atoms with Gasteiger partial charge in [-0.15, -0.1) is 0 Å². The van der Waals surface area contributed by atoms with Gasteiger partial charge in [0.1, 0.15) is 5.69 Å². The van der Waals surface area contributed by atoms with E-state index in [1.807, 2.05) is 48.5 Å². The average molecular weight is 521 g/mol. The minimum atomic E-state index is 0.617. The largest absolute Gasteiger partial charge is 0.292 e. The summed E-state index contributed by atoms with van der Waals surface area (Å²) in [5.41, 5.74) is 6.19. The minimum absolute atomic E-state index is 0.617. The lowest BCUT2D eigenvalue weighted by molar-refractivity contribution is 1.08. The molecule has 4 nitrogen and oxygen atoms in total. The Balaban J connectivity index is 1.49. The van der Waals surface area contributed by atoms with Crippen molar-refractivity contribution in [3.8, 4) is 23.1 Å². The Morgan fingerprint density at radius 2 is 1.15 bits per heavy atom. The number of fused-ring (bicyclic) bond motifs is 6. The summed E-state index contributed by atoms with van der Waals surface area (Å²) < 4.78 is 2.28. The Hall–Kier alpha value is -5.79. The summed E-state index contributed by atoms with van der Waals surface area (Å²) in [4.78, 5) is 10.4. The Bertz CT molecular complexity index is 2530. The molecular formula is C37H20N4. The number of nitrogens with zero attached hydrogens (tertiary/aromatic N) is 4. The van der Waals surface area contributed by atoms with Crippen LogP contribution in [-0.2, 0) is 0 Å². The molecule has 0 aliphatic carbocycles. The average Bonchev–Trinajstić information content (AvgIpc) is 3.38. The van der Waals surface area contributed by atoms with E-state index in [1.54, 1.807) is 0 Å². The van der Waals surface area contributed by atoms with E-state index in [9.17, 15) is 5.26 Å². The third-order valence-corrected chi connectivity index (χ3v) is 8.36. The standard InChI is InChI=1S/C37H20N4/c38-21-22-15-17-24(18-16-22)36-37(40-30-12-4-3-11-29(30)39-36)41-31-13-5-9-26-27-20-19-23-7-1-2-8-25(23)33(27)28-10-6-14-32(41)35(28)34(26)31/h1-20H. The van der Waals surface area contributed by atoms with Gasteiger partial charge in [-0.3, -0.25) is 4.57 Å². The van der Waals surface area contributed by atoms with Gasteiger partial charge in [0, 0.05) is 16.3 Å². The van der Waals surface area contributed by atoms with Gasteiger partial charge >= 0.3 is 0 Å². The lowest BCUT2D eigenvalue weighted by atomic mass is 9.91. The normalized spacial score (nSPS) is 11.9. The summed E-state index contributed by atoms with van der Waals surface area (Å²) in [5.74, 6) is 0.776. The first kappa shape index (κ1) is 22.1. The number of nitriles is 1. The monoisotopic (exact) mass is 520 g/mol. The van der Waals surface area contributed by atoms with Gasteiger partial charge in [-0.2, -0.15) is 5.26 Å². The van der Waals surface area contributed by atoms with Crippen LogP contribution in [0.1, 0.15) is 5.56 Å². The number of aromatic nitrogens is 3. The summed E-state index contributed by atoms with van der Waals surface area (Å²) in [6.07, 6.45) is 0. The molecule has 4 heteroatoms. The summed E-state index contributed by atoms with van der Waals surface area (Å²) >= 11 is 0. The van der Waals surface area contributed by atoms with Gasteiger partial charge in [-0.05, 0) is 68.7 Å². The molecule has 0 unspecified atom stereocenters. The van der Waals surface area contributed by atoms with Crippen LogP contribution >= 0.6 is 0 Å². The highest BCUT2D eigenvalue weighted by molar-refractivity contribution is 6.37. The Kier molecular flexibility index (Phi) is 4.37. The van der Waals surface area contributed by atoms with Crippen LogP contribution in [0.3, 0.4) is 0 Å². The molecule has 0 saturated carbocycles. The minimum Gasteiger partial charge on any atom is -0.292 e. The van der Waals surface area contributed by atoms with Crippen LogP contribution in [0.4, 0.5) is 0 Å². The highest BCUT2D eigenvalue weighted by Crippen LogP contribution is 2.46. The predicted octanol–water partition coefficient (Wildman–Crippen LogP) is 9.16. The first-order chi connectivity index (χ1) is 20.3. The van der Waals surface area contributed by atoms with E-state index in [2.05, 4.69) is 83.4 Å². The van der Waals surface area contributed by atoms with Crippen molar-refractivity contribution < 1.29 is 0 Å². The Labute approximate surface area is 234 Å². The van der Waals surface area contributed by atoms with Gasteiger partial charge in [0.2, 0.25) is 0 Å². The van der Waals surface area contributed by atoms with E-state index in [0.29, 0.717) is 5.56 Å². The third-order valence-electron chi connectivity index (χ3n) is 8.36. The third kappa shape index (κ3) is 2.98. The molecule has 0 aliphatic rings. The summed E-state index contributed by atoms with van der Waals surface area (Å²) in [6.45, 7) is 0. The summed E-state index contributed by atoms with van der Waals surface area (Å²) in [5, 5.41) is 19.4. The zero-order chi connectivity index (χ0) is 27.1. The van der Waals surface area contributed by atoms with Crippen molar-refractivity contribution in [1.82, 2.24) is 14.5 Å². The van der Waals surface area contributed by atoms with Gasteiger partial charge in [0.15, 0.2) is 5.82 Å².